The maximum atomic E-state index is 10.8. The molecule has 1 rings (SSSR count). The van der Waals surface area contributed by atoms with Gasteiger partial charge in [-0.3, -0.25) is 4.79 Å². The zero-order valence-electron chi connectivity index (χ0n) is 9.98. The van der Waals surface area contributed by atoms with Gasteiger partial charge in [0.2, 0.25) is 5.91 Å². The van der Waals surface area contributed by atoms with E-state index in [2.05, 4.69) is 5.32 Å². The van der Waals surface area contributed by atoms with Crippen molar-refractivity contribution in [2.24, 2.45) is 0 Å². The Bertz CT molecular complexity index is 266. The molecule has 98 valence electrons. The highest BCUT2D eigenvalue weighted by Crippen LogP contribution is 2.18. The first-order valence-corrected chi connectivity index (χ1v) is 6.94. The molecule has 1 unspecified atom stereocenters. The highest BCUT2D eigenvalue weighted by Gasteiger charge is 2.19. The third kappa shape index (κ3) is 5.93. The summed E-state index contributed by atoms with van der Waals surface area (Å²) in [6.07, 6.45) is 3.52. The van der Waals surface area contributed by atoms with Crippen LogP contribution in [0.3, 0.4) is 0 Å². The van der Waals surface area contributed by atoms with Crippen LogP contribution in [0.25, 0.3) is 0 Å². The molecular weight excluding hydrogens is 242 g/mol. The third-order valence-electron chi connectivity index (χ3n) is 2.57. The number of carboxylic acids is 1. The van der Waals surface area contributed by atoms with Gasteiger partial charge in [0.15, 0.2) is 0 Å². The molecular formula is C11H19NO4S. The molecule has 1 saturated heterocycles. The van der Waals surface area contributed by atoms with E-state index in [1.54, 1.807) is 11.8 Å². The van der Waals surface area contributed by atoms with Crippen molar-refractivity contribution in [1.82, 2.24) is 5.32 Å². The minimum absolute atomic E-state index is 0.308. The first-order chi connectivity index (χ1) is 8.09. The lowest BCUT2D eigenvalue weighted by molar-refractivity contribution is -0.140. The van der Waals surface area contributed by atoms with E-state index in [-0.39, 0.29) is 5.91 Å². The second kappa shape index (κ2) is 7.55. The van der Waals surface area contributed by atoms with E-state index in [1.165, 1.54) is 6.92 Å². The Morgan fingerprint density at radius 1 is 1.59 bits per heavy atom. The van der Waals surface area contributed by atoms with Gasteiger partial charge in [0.25, 0.3) is 0 Å². The van der Waals surface area contributed by atoms with Crippen molar-refractivity contribution in [3.63, 3.8) is 0 Å². The molecule has 5 nitrogen and oxygen atoms in total. The van der Waals surface area contributed by atoms with Crippen molar-refractivity contribution in [3.8, 4) is 0 Å². The van der Waals surface area contributed by atoms with Gasteiger partial charge in [-0.1, -0.05) is 0 Å². The van der Waals surface area contributed by atoms with Crippen LogP contribution in [0.1, 0.15) is 26.2 Å². The van der Waals surface area contributed by atoms with E-state index < -0.39 is 12.0 Å². The zero-order valence-corrected chi connectivity index (χ0v) is 10.8. The van der Waals surface area contributed by atoms with Crippen LogP contribution in [-0.4, -0.2) is 47.2 Å². The summed E-state index contributed by atoms with van der Waals surface area (Å²) in [5.41, 5.74) is 0. The van der Waals surface area contributed by atoms with Crippen LogP contribution in [-0.2, 0) is 14.3 Å². The molecule has 1 fully saturated rings. The standard InChI is InChI=1S/C11H19NO4S/c1-8(13)12-10(11(14)15)7-17-6-4-9-3-2-5-16-9/h9-10H,2-7H2,1H3,(H,12,13)(H,14,15)/t9?,10-/m0/s1. The smallest absolute Gasteiger partial charge is 0.327 e. The number of carbonyl (C=O) groups is 2. The van der Waals surface area contributed by atoms with E-state index in [9.17, 15) is 9.59 Å². The molecule has 0 aromatic carbocycles. The van der Waals surface area contributed by atoms with Crippen LogP contribution in [0.5, 0.6) is 0 Å². The Labute approximate surface area is 105 Å². The quantitative estimate of drug-likeness (QED) is 0.665. The SMILES string of the molecule is CC(=O)N[C@@H](CSCCC1CCCO1)C(=O)O. The lowest BCUT2D eigenvalue weighted by Crippen LogP contribution is -2.41. The van der Waals surface area contributed by atoms with Gasteiger partial charge < -0.3 is 15.2 Å². The number of aliphatic carboxylic acids is 1. The minimum atomic E-state index is -0.982. The fraction of sp³-hybridized carbons (Fsp3) is 0.818. The van der Waals surface area contributed by atoms with Crippen LogP contribution >= 0.6 is 11.8 Å². The van der Waals surface area contributed by atoms with Crippen molar-refractivity contribution in [2.75, 3.05) is 18.1 Å². The van der Waals surface area contributed by atoms with Crippen molar-refractivity contribution in [2.45, 2.75) is 38.3 Å². The minimum Gasteiger partial charge on any atom is -0.480 e. The van der Waals surface area contributed by atoms with E-state index in [4.69, 9.17) is 9.84 Å². The summed E-state index contributed by atoms with van der Waals surface area (Å²) < 4.78 is 5.47. The number of ether oxygens (including phenoxy) is 1. The molecule has 1 aliphatic rings. The van der Waals surface area contributed by atoms with Gasteiger partial charge in [-0.2, -0.15) is 11.8 Å². The molecule has 1 heterocycles. The van der Waals surface area contributed by atoms with Gasteiger partial charge in [0.1, 0.15) is 6.04 Å². The summed E-state index contributed by atoms with van der Waals surface area (Å²) >= 11 is 1.54. The van der Waals surface area contributed by atoms with Crippen LogP contribution in [0.2, 0.25) is 0 Å². The summed E-state index contributed by atoms with van der Waals surface area (Å²) in [5, 5.41) is 11.3. The average Bonchev–Trinajstić information content (AvgIpc) is 2.74. The predicted molar refractivity (Wildman–Crippen MR) is 66.2 cm³/mol. The summed E-state index contributed by atoms with van der Waals surface area (Å²) in [4.78, 5) is 21.6. The molecule has 0 saturated carbocycles. The van der Waals surface area contributed by atoms with Crippen LogP contribution < -0.4 is 5.32 Å². The van der Waals surface area contributed by atoms with Crippen molar-refractivity contribution >= 4 is 23.6 Å². The first-order valence-electron chi connectivity index (χ1n) is 5.79. The Morgan fingerprint density at radius 2 is 2.35 bits per heavy atom. The number of carboxylic acid groups (broad SMARTS) is 1. The summed E-state index contributed by atoms with van der Waals surface area (Å²) in [5.74, 6) is -0.0164. The van der Waals surface area contributed by atoms with Gasteiger partial charge >= 0.3 is 5.97 Å². The molecule has 17 heavy (non-hydrogen) atoms. The van der Waals surface area contributed by atoms with Crippen molar-refractivity contribution in [3.05, 3.63) is 0 Å². The van der Waals surface area contributed by atoms with Gasteiger partial charge in [-0.05, 0) is 25.0 Å². The lowest BCUT2D eigenvalue weighted by Gasteiger charge is -2.13. The topological polar surface area (TPSA) is 75.6 Å². The number of carbonyl (C=O) groups excluding carboxylic acids is 1. The molecule has 1 aliphatic heterocycles. The zero-order chi connectivity index (χ0) is 12.7. The molecule has 1 amide bonds. The molecule has 0 spiro atoms. The summed E-state index contributed by atoms with van der Waals surface area (Å²) in [6, 6.07) is -0.790. The van der Waals surface area contributed by atoms with Gasteiger partial charge in [-0.25, -0.2) is 4.79 Å². The van der Waals surface area contributed by atoms with E-state index >= 15 is 0 Å². The van der Waals surface area contributed by atoms with E-state index in [1.807, 2.05) is 0 Å². The highest BCUT2D eigenvalue weighted by atomic mass is 32.2. The maximum absolute atomic E-state index is 10.8. The monoisotopic (exact) mass is 261 g/mol. The maximum Gasteiger partial charge on any atom is 0.327 e. The molecule has 2 N–H and O–H groups in total. The molecule has 0 aromatic rings. The Kier molecular flexibility index (Phi) is 6.36. The number of rotatable bonds is 7. The summed E-state index contributed by atoms with van der Waals surface area (Å²) in [6.45, 7) is 2.17. The first kappa shape index (κ1) is 14.3. The van der Waals surface area contributed by atoms with Crippen LogP contribution in [0.4, 0.5) is 0 Å². The van der Waals surface area contributed by atoms with E-state index in [0.29, 0.717) is 11.9 Å². The summed E-state index contributed by atoms with van der Waals surface area (Å²) in [7, 11) is 0. The third-order valence-corrected chi connectivity index (χ3v) is 3.66. The van der Waals surface area contributed by atoms with Crippen molar-refractivity contribution in [1.29, 1.82) is 0 Å². The number of hydrogen-bond donors (Lipinski definition) is 2. The van der Waals surface area contributed by atoms with E-state index in [0.717, 1.165) is 31.6 Å². The fourth-order valence-corrected chi connectivity index (χ4v) is 2.77. The van der Waals surface area contributed by atoms with Gasteiger partial charge in [0.05, 0.1) is 6.10 Å². The molecule has 2 atom stereocenters. The van der Waals surface area contributed by atoms with Crippen LogP contribution in [0, 0.1) is 0 Å². The second-order valence-electron chi connectivity index (χ2n) is 4.09. The largest absolute Gasteiger partial charge is 0.480 e. The second-order valence-corrected chi connectivity index (χ2v) is 5.24. The Hall–Kier alpha value is -0.750. The lowest BCUT2D eigenvalue weighted by atomic mass is 10.2. The highest BCUT2D eigenvalue weighted by molar-refractivity contribution is 7.99. The molecule has 0 radical (unpaired) electrons. The number of hydrogen-bond acceptors (Lipinski definition) is 4. The molecule has 0 bridgehead atoms. The van der Waals surface area contributed by atoms with Crippen molar-refractivity contribution < 1.29 is 19.4 Å². The number of thioether (sulfide) groups is 1. The normalized spacial score (nSPS) is 21.1. The van der Waals surface area contributed by atoms with Gasteiger partial charge in [0, 0.05) is 19.3 Å². The molecule has 6 heteroatoms. The molecule has 0 aromatic heterocycles. The van der Waals surface area contributed by atoms with Gasteiger partial charge in [-0.15, -0.1) is 0 Å². The number of amides is 1. The average molecular weight is 261 g/mol. The molecule has 0 aliphatic carbocycles. The van der Waals surface area contributed by atoms with Crippen LogP contribution in [0.15, 0.2) is 0 Å². The Morgan fingerprint density at radius 3 is 2.88 bits per heavy atom. The predicted octanol–water partition coefficient (Wildman–Crippen LogP) is 0.878. The number of nitrogens with one attached hydrogen (secondary N) is 1. The fourth-order valence-electron chi connectivity index (χ4n) is 1.71. The Balaban J connectivity index is 2.13.